The number of benzene rings is 1. The SMILES string of the molecule is CC(C)Cc1nc(NCCCNC(C)c2cccc(F)c2)c2ccsc2n1. The molecule has 2 aromatic heterocycles. The van der Waals surface area contributed by atoms with Crippen molar-refractivity contribution in [1.29, 1.82) is 0 Å². The Morgan fingerprint density at radius 2 is 1.96 bits per heavy atom. The third kappa shape index (κ3) is 5.47. The predicted octanol–water partition coefficient (Wildman–Crippen LogP) is 5.18. The summed E-state index contributed by atoms with van der Waals surface area (Å²) in [5, 5.41) is 10.1. The lowest BCUT2D eigenvalue weighted by Gasteiger charge is -2.15. The highest BCUT2D eigenvalue weighted by atomic mass is 32.1. The minimum atomic E-state index is -0.191. The van der Waals surface area contributed by atoms with Crippen LogP contribution in [-0.2, 0) is 6.42 Å². The smallest absolute Gasteiger partial charge is 0.138 e. The molecular formula is C21H27FN4S. The fraction of sp³-hybridized carbons (Fsp3) is 0.429. The van der Waals surface area contributed by atoms with Crippen LogP contribution in [0.1, 0.15) is 44.6 Å². The Bertz CT molecular complexity index is 877. The van der Waals surface area contributed by atoms with E-state index in [1.165, 1.54) is 6.07 Å². The van der Waals surface area contributed by atoms with Crippen molar-refractivity contribution in [1.82, 2.24) is 15.3 Å². The molecule has 0 bridgehead atoms. The Balaban J connectivity index is 1.52. The zero-order valence-electron chi connectivity index (χ0n) is 16.1. The van der Waals surface area contributed by atoms with Crippen LogP contribution in [0, 0.1) is 11.7 Å². The number of nitrogens with one attached hydrogen (secondary N) is 2. The summed E-state index contributed by atoms with van der Waals surface area (Å²) in [6, 6.07) is 8.96. The van der Waals surface area contributed by atoms with Gasteiger partial charge in [0.25, 0.3) is 0 Å². The molecule has 2 heterocycles. The van der Waals surface area contributed by atoms with Gasteiger partial charge in [0.15, 0.2) is 0 Å². The molecule has 1 atom stereocenters. The molecule has 0 fully saturated rings. The molecule has 0 amide bonds. The maximum Gasteiger partial charge on any atom is 0.138 e. The molecule has 0 spiro atoms. The first kappa shape index (κ1) is 19.7. The van der Waals surface area contributed by atoms with Gasteiger partial charge in [0.1, 0.15) is 22.3 Å². The van der Waals surface area contributed by atoms with Gasteiger partial charge >= 0.3 is 0 Å². The monoisotopic (exact) mass is 386 g/mol. The van der Waals surface area contributed by atoms with E-state index in [0.29, 0.717) is 5.92 Å². The van der Waals surface area contributed by atoms with Crippen LogP contribution >= 0.6 is 11.3 Å². The standard InChI is InChI=1S/C21H27FN4S/c1-14(2)12-19-25-20(18-8-11-27-21(18)26-19)24-10-5-9-23-15(3)16-6-4-7-17(22)13-16/h4,6-8,11,13-15,23H,5,9-10,12H2,1-3H3,(H,24,25,26). The van der Waals surface area contributed by atoms with Crippen molar-refractivity contribution in [3.8, 4) is 0 Å². The molecule has 2 N–H and O–H groups in total. The number of hydrogen-bond donors (Lipinski definition) is 2. The van der Waals surface area contributed by atoms with Crippen molar-refractivity contribution in [3.63, 3.8) is 0 Å². The van der Waals surface area contributed by atoms with Gasteiger partial charge in [-0.1, -0.05) is 26.0 Å². The molecule has 1 aromatic carbocycles. The van der Waals surface area contributed by atoms with Crippen molar-refractivity contribution in [2.45, 2.75) is 39.7 Å². The molecule has 3 aromatic rings. The highest BCUT2D eigenvalue weighted by Crippen LogP contribution is 2.25. The van der Waals surface area contributed by atoms with Gasteiger partial charge in [-0.2, -0.15) is 0 Å². The van der Waals surface area contributed by atoms with Crippen LogP contribution in [-0.4, -0.2) is 23.1 Å². The van der Waals surface area contributed by atoms with Gasteiger partial charge in [0.2, 0.25) is 0 Å². The number of nitrogens with zero attached hydrogens (tertiary/aromatic N) is 2. The first-order valence-corrected chi connectivity index (χ1v) is 10.4. The Morgan fingerprint density at radius 3 is 2.74 bits per heavy atom. The van der Waals surface area contributed by atoms with Crippen LogP contribution in [0.25, 0.3) is 10.2 Å². The number of rotatable bonds is 9. The summed E-state index contributed by atoms with van der Waals surface area (Å²) in [4.78, 5) is 10.4. The molecule has 6 heteroatoms. The highest BCUT2D eigenvalue weighted by molar-refractivity contribution is 7.16. The zero-order chi connectivity index (χ0) is 19.2. The van der Waals surface area contributed by atoms with Crippen LogP contribution in [0.3, 0.4) is 0 Å². The van der Waals surface area contributed by atoms with Crippen LogP contribution < -0.4 is 10.6 Å². The Labute approximate surface area is 164 Å². The average Bonchev–Trinajstić information content (AvgIpc) is 3.09. The predicted molar refractivity (Wildman–Crippen MR) is 112 cm³/mol. The summed E-state index contributed by atoms with van der Waals surface area (Å²) in [6.45, 7) is 8.09. The number of hydrogen-bond acceptors (Lipinski definition) is 5. The van der Waals surface area contributed by atoms with Crippen LogP contribution in [0.2, 0.25) is 0 Å². The highest BCUT2D eigenvalue weighted by Gasteiger charge is 2.10. The molecule has 3 rings (SSSR count). The second-order valence-electron chi connectivity index (χ2n) is 7.24. The number of halogens is 1. The normalized spacial score (nSPS) is 12.6. The maximum absolute atomic E-state index is 13.3. The van der Waals surface area contributed by atoms with E-state index in [4.69, 9.17) is 4.98 Å². The molecule has 1 unspecified atom stereocenters. The van der Waals surface area contributed by atoms with E-state index in [9.17, 15) is 4.39 Å². The fourth-order valence-electron chi connectivity index (χ4n) is 3.00. The lowest BCUT2D eigenvalue weighted by atomic mass is 10.1. The molecule has 0 aliphatic rings. The molecule has 0 saturated carbocycles. The van der Waals surface area contributed by atoms with E-state index in [1.807, 2.05) is 6.07 Å². The van der Waals surface area contributed by atoms with E-state index < -0.39 is 0 Å². The van der Waals surface area contributed by atoms with Crippen molar-refractivity contribution in [3.05, 3.63) is 52.9 Å². The van der Waals surface area contributed by atoms with Gasteiger partial charge in [0.05, 0.1) is 5.39 Å². The lowest BCUT2D eigenvalue weighted by molar-refractivity contribution is 0.557. The minimum Gasteiger partial charge on any atom is -0.369 e. The van der Waals surface area contributed by atoms with Crippen molar-refractivity contribution < 1.29 is 4.39 Å². The molecule has 0 aliphatic heterocycles. The summed E-state index contributed by atoms with van der Waals surface area (Å²) < 4.78 is 13.3. The van der Waals surface area contributed by atoms with E-state index >= 15 is 0 Å². The van der Waals surface area contributed by atoms with Gasteiger partial charge in [-0.05, 0) is 54.9 Å². The van der Waals surface area contributed by atoms with Crippen LogP contribution in [0.4, 0.5) is 10.2 Å². The van der Waals surface area contributed by atoms with Crippen molar-refractivity contribution in [2.24, 2.45) is 5.92 Å². The zero-order valence-corrected chi connectivity index (χ0v) is 16.9. The molecule has 0 radical (unpaired) electrons. The van der Waals surface area contributed by atoms with Crippen LogP contribution in [0.5, 0.6) is 0 Å². The Hall–Kier alpha value is -2.05. The van der Waals surface area contributed by atoms with E-state index in [-0.39, 0.29) is 11.9 Å². The molecule has 144 valence electrons. The fourth-order valence-corrected chi connectivity index (χ4v) is 3.78. The minimum absolute atomic E-state index is 0.126. The Morgan fingerprint density at radius 1 is 1.11 bits per heavy atom. The summed E-state index contributed by atoms with van der Waals surface area (Å²) in [7, 11) is 0. The van der Waals surface area contributed by atoms with Gasteiger partial charge in [0, 0.05) is 19.0 Å². The third-order valence-electron chi connectivity index (χ3n) is 4.41. The maximum atomic E-state index is 13.3. The third-order valence-corrected chi connectivity index (χ3v) is 5.21. The topological polar surface area (TPSA) is 49.8 Å². The summed E-state index contributed by atoms with van der Waals surface area (Å²) in [6.07, 6.45) is 1.84. The first-order valence-electron chi connectivity index (χ1n) is 9.49. The van der Waals surface area contributed by atoms with Crippen molar-refractivity contribution >= 4 is 27.4 Å². The Kier molecular flexibility index (Phi) is 6.74. The molecular weight excluding hydrogens is 359 g/mol. The summed E-state index contributed by atoms with van der Waals surface area (Å²) in [5.74, 6) is 2.17. The van der Waals surface area contributed by atoms with E-state index in [1.54, 1.807) is 23.5 Å². The largest absolute Gasteiger partial charge is 0.369 e. The lowest BCUT2D eigenvalue weighted by Crippen LogP contribution is -2.22. The van der Waals surface area contributed by atoms with Gasteiger partial charge in [-0.25, -0.2) is 14.4 Å². The number of fused-ring (bicyclic) bond motifs is 1. The van der Waals surface area contributed by atoms with Crippen LogP contribution in [0.15, 0.2) is 35.7 Å². The van der Waals surface area contributed by atoms with Crippen molar-refractivity contribution in [2.75, 3.05) is 18.4 Å². The van der Waals surface area contributed by atoms with Gasteiger partial charge in [-0.3, -0.25) is 0 Å². The molecule has 27 heavy (non-hydrogen) atoms. The van der Waals surface area contributed by atoms with Gasteiger partial charge in [-0.15, -0.1) is 11.3 Å². The number of thiophene rings is 1. The molecule has 4 nitrogen and oxygen atoms in total. The summed E-state index contributed by atoms with van der Waals surface area (Å²) in [5.41, 5.74) is 0.970. The summed E-state index contributed by atoms with van der Waals surface area (Å²) >= 11 is 1.66. The number of aromatic nitrogens is 2. The number of anilines is 1. The van der Waals surface area contributed by atoms with E-state index in [2.05, 4.69) is 47.8 Å². The first-order chi connectivity index (χ1) is 13.0. The second-order valence-corrected chi connectivity index (χ2v) is 8.13. The quantitative estimate of drug-likeness (QED) is 0.497. The second kappa shape index (κ2) is 9.24. The molecule has 0 aliphatic carbocycles. The average molecular weight is 387 g/mol. The molecule has 0 saturated heterocycles. The van der Waals surface area contributed by atoms with Gasteiger partial charge < -0.3 is 10.6 Å². The van der Waals surface area contributed by atoms with E-state index in [0.717, 1.165) is 53.4 Å².